The van der Waals surface area contributed by atoms with Gasteiger partial charge in [-0.15, -0.1) is 0 Å². The molecule has 3 rings (SSSR count). The molecular formula is C19H24ClN3O2S. The van der Waals surface area contributed by atoms with Crippen molar-refractivity contribution in [3.8, 4) is 11.3 Å². The normalized spacial score (nSPS) is 18.2. The van der Waals surface area contributed by atoms with Gasteiger partial charge in [0, 0.05) is 24.4 Å². The predicted molar refractivity (Wildman–Crippen MR) is 107 cm³/mol. The fraction of sp³-hybridized carbons (Fsp3) is 0.474. The summed E-state index contributed by atoms with van der Waals surface area (Å²) in [6.07, 6.45) is 0.992. The van der Waals surface area contributed by atoms with E-state index in [1.54, 1.807) is 13.0 Å². The molecule has 26 heavy (non-hydrogen) atoms. The molecule has 1 aromatic carbocycles. The molecule has 0 aliphatic carbocycles. The van der Waals surface area contributed by atoms with Gasteiger partial charge >= 0.3 is 0 Å². The minimum atomic E-state index is -0.0204. The van der Waals surface area contributed by atoms with Gasteiger partial charge in [0.2, 0.25) is 0 Å². The van der Waals surface area contributed by atoms with Crippen molar-refractivity contribution in [1.82, 2.24) is 15.0 Å². The number of likely N-dealkylation sites (N-methyl/N-ethyl adjacent to an activating group) is 1. The molecule has 1 amide bonds. The Morgan fingerprint density at radius 2 is 2.19 bits per heavy atom. The van der Waals surface area contributed by atoms with E-state index in [0.717, 1.165) is 36.6 Å². The number of aryl methyl sites for hydroxylation is 1. The van der Waals surface area contributed by atoms with Crippen LogP contribution in [-0.2, 0) is 0 Å². The third-order valence-corrected chi connectivity index (χ3v) is 6.01. The molecule has 1 aromatic heterocycles. The van der Waals surface area contributed by atoms with Crippen LogP contribution in [0.5, 0.6) is 0 Å². The topological polar surface area (TPSA) is 49.6 Å². The standard InChI is InChI=1S/C19H24ClN3O2S/c1-13-17(18(21-25-13)15-7-4-5-8-16(15)20)19(24)23-9-6-10-26-12-14(23)11-22(2)3/h4-5,7-8,14H,6,9-12H2,1-3H3. The Bertz CT molecular complexity index is 778. The lowest BCUT2D eigenvalue weighted by Crippen LogP contribution is -2.46. The van der Waals surface area contributed by atoms with Gasteiger partial charge in [0.25, 0.3) is 5.91 Å². The predicted octanol–water partition coefficient (Wildman–Crippen LogP) is 3.81. The van der Waals surface area contributed by atoms with Crippen molar-refractivity contribution in [2.45, 2.75) is 19.4 Å². The van der Waals surface area contributed by atoms with Gasteiger partial charge in [0.15, 0.2) is 0 Å². The molecular weight excluding hydrogens is 370 g/mol. The summed E-state index contributed by atoms with van der Waals surface area (Å²) in [4.78, 5) is 17.6. The highest BCUT2D eigenvalue weighted by molar-refractivity contribution is 7.99. The number of aromatic nitrogens is 1. The monoisotopic (exact) mass is 393 g/mol. The molecule has 0 saturated carbocycles. The molecule has 5 nitrogen and oxygen atoms in total. The highest BCUT2D eigenvalue weighted by Crippen LogP contribution is 2.32. The van der Waals surface area contributed by atoms with Crippen LogP contribution in [0.15, 0.2) is 28.8 Å². The Labute approximate surface area is 163 Å². The van der Waals surface area contributed by atoms with Crippen LogP contribution in [0.25, 0.3) is 11.3 Å². The van der Waals surface area contributed by atoms with Crippen molar-refractivity contribution in [3.05, 3.63) is 40.6 Å². The molecule has 1 unspecified atom stereocenters. The van der Waals surface area contributed by atoms with Gasteiger partial charge in [-0.05, 0) is 39.3 Å². The van der Waals surface area contributed by atoms with E-state index in [1.165, 1.54) is 0 Å². The molecule has 7 heteroatoms. The van der Waals surface area contributed by atoms with Crippen LogP contribution in [-0.4, -0.2) is 65.6 Å². The summed E-state index contributed by atoms with van der Waals surface area (Å²) in [5, 5.41) is 4.71. The number of thioether (sulfide) groups is 1. The SMILES string of the molecule is Cc1onc(-c2ccccc2Cl)c1C(=O)N1CCCSCC1CN(C)C. The Kier molecular flexibility index (Phi) is 6.27. The Morgan fingerprint density at radius 3 is 2.92 bits per heavy atom. The van der Waals surface area contributed by atoms with Gasteiger partial charge in [0.1, 0.15) is 17.0 Å². The molecule has 0 spiro atoms. The molecule has 1 aliphatic rings. The van der Waals surface area contributed by atoms with Crippen LogP contribution in [0, 0.1) is 6.92 Å². The summed E-state index contributed by atoms with van der Waals surface area (Å²) in [5.74, 6) is 2.53. The second-order valence-corrected chi connectivity index (χ2v) is 8.34. The molecule has 1 atom stereocenters. The summed E-state index contributed by atoms with van der Waals surface area (Å²) >= 11 is 8.25. The van der Waals surface area contributed by atoms with Crippen LogP contribution in [0.1, 0.15) is 22.5 Å². The number of carbonyl (C=O) groups excluding carboxylic acids is 1. The molecule has 0 radical (unpaired) electrons. The highest BCUT2D eigenvalue weighted by Gasteiger charge is 2.32. The average molecular weight is 394 g/mol. The summed E-state index contributed by atoms with van der Waals surface area (Å²) in [7, 11) is 4.08. The van der Waals surface area contributed by atoms with Crippen LogP contribution < -0.4 is 0 Å². The van der Waals surface area contributed by atoms with Crippen molar-refractivity contribution in [2.24, 2.45) is 0 Å². The number of rotatable bonds is 4. The Hall–Kier alpha value is -1.50. The van der Waals surface area contributed by atoms with E-state index in [9.17, 15) is 4.79 Å². The maximum absolute atomic E-state index is 13.5. The first-order valence-electron chi connectivity index (χ1n) is 8.73. The Morgan fingerprint density at radius 1 is 1.42 bits per heavy atom. The van der Waals surface area contributed by atoms with Gasteiger partial charge in [-0.3, -0.25) is 4.79 Å². The Balaban J connectivity index is 1.98. The van der Waals surface area contributed by atoms with Gasteiger partial charge < -0.3 is 14.3 Å². The largest absolute Gasteiger partial charge is 0.360 e. The zero-order valence-corrected chi connectivity index (χ0v) is 16.9. The fourth-order valence-electron chi connectivity index (χ4n) is 3.27. The second kappa shape index (κ2) is 8.46. The van der Waals surface area contributed by atoms with Gasteiger partial charge in [-0.25, -0.2) is 0 Å². The first-order chi connectivity index (χ1) is 12.5. The highest BCUT2D eigenvalue weighted by atomic mass is 35.5. The smallest absolute Gasteiger partial charge is 0.260 e. The van der Waals surface area contributed by atoms with Gasteiger partial charge in [0.05, 0.1) is 11.1 Å². The quantitative estimate of drug-likeness (QED) is 0.790. The summed E-state index contributed by atoms with van der Waals surface area (Å²) < 4.78 is 5.39. The van der Waals surface area contributed by atoms with Crippen LogP contribution in [0.3, 0.4) is 0 Å². The molecule has 140 valence electrons. The second-order valence-electron chi connectivity index (χ2n) is 6.79. The third-order valence-electron chi connectivity index (χ3n) is 4.48. The van der Waals surface area contributed by atoms with Crippen molar-refractivity contribution < 1.29 is 9.32 Å². The van der Waals surface area contributed by atoms with Gasteiger partial charge in [-0.1, -0.05) is 35.0 Å². The van der Waals surface area contributed by atoms with E-state index in [-0.39, 0.29) is 11.9 Å². The average Bonchev–Trinajstić information content (AvgIpc) is 2.83. The first-order valence-corrected chi connectivity index (χ1v) is 10.3. The third kappa shape index (κ3) is 4.08. The van der Waals surface area contributed by atoms with Crippen molar-refractivity contribution >= 4 is 29.3 Å². The lowest BCUT2D eigenvalue weighted by atomic mass is 10.0. The maximum Gasteiger partial charge on any atom is 0.260 e. The minimum absolute atomic E-state index is 0.0204. The first kappa shape index (κ1) is 19.3. The number of benzene rings is 1. The molecule has 2 aromatic rings. The lowest BCUT2D eigenvalue weighted by Gasteiger charge is -2.31. The number of hydrogen-bond acceptors (Lipinski definition) is 5. The van der Waals surface area contributed by atoms with Crippen molar-refractivity contribution in [2.75, 3.05) is 38.7 Å². The van der Waals surface area contributed by atoms with Crippen LogP contribution in [0.4, 0.5) is 0 Å². The molecule has 1 saturated heterocycles. The number of carbonyl (C=O) groups is 1. The minimum Gasteiger partial charge on any atom is -0.360 e. The number of hydrogen-bond donors (Lipinski definition) is 0. The van der Waals surface area contributed by atoms with E-state index in [2.05, 4.69) is 10.1 Å². The van der Waals surface area contributed by atoms with E-state index in [4.69, 9.17) is 16.1 Å². The van der Waals surface area contributed by atoms with Crippen LogP contribution >= 0.6 is 23.4 Å². The zero-order chi connectivity index (χ0) is 18.7. The van der Waals surface area contributed by atoms with E-state index >= 15 is 0 Å². The van der Waals surface area contributed by atoms with Gasteiger partial charge in [-0.2, -0.15) is 11.8 Å². The summed E-state index contributed by atoms with van der Waals surface area (Å²) in [5.41, 5.74) is 1.77. The van der Waals surface area contributed by atoms with E-state index in [0.29, 0.717) is 22.0 Å². The molecule has 1 fully saturated rings. The van der Waals surface area contributed by atoms with E-state index < -0.39 is 0 Å². The molecule has 0 bridgehead atoms. The zero-order valence-electron chi connectivity index (χ0n) is 15.4. The maximum atomic E-state index is 13.5. The lowest BCUT2D eigenvalue weighted by molar-refractivity contribution is 0.0674. The van der Waals surface area contributed by atoms with Crippen LogP contribution in [0.2, 0.25) is 5.02 Å². The molecule has 2 heterocycles. The number of halogens is 1. The summed E-state index contributed by atoms with van der Waals surface area (Å²) in [6.45, 7) is 3.37. The number of nitrogens with zero attached hydrogens (tertiary/aromatic N) is 3. The van der Waals surface area contributed by atoms with Crippen molar-refractivity contribution in [1.29, 1.82) is 0 Å². The summed E-state index contributed by atoms with van der Waals surface area (Å²) in [6, 6.07) is 7.58. The van der Waals surface area contributed by atoms with E-state index in [1.807, 2.05) is 49.0 Å². The molecule has 1 aliphatic heterocycles. The van der Waals surface area contributed by atoms with Crippen molar-refractivity contribution in [3.63, 3.8) is 0 Å². The fourth-order valence-corrected chi connectivity index (χ4v) is 4.56. The molecule has 0 N–H and O–H groups in total. The number of amides is 1.